The van der Waals surface area contributed by atoms with Gasteiger partial charge in [-0.25, -0.2) is 0 Å². The third-order valence-electron chi connectivity index (χ3n) is 5.11. The fraction of sp³-hybridized carbons (Fsp3) is 0.800. The van der Waals surface area contributed by atoms with E-state index < -0.39 is 16.8 Å². The average Bonchev–Trinajstić information content (AvgIpc) is 3.06. The Labute approximate surface area is 124 Å². The molecule has 1 unspecified atom stereocenters. The summed E-state index contributed by atoms with van der Waals surface area (Å²) in [6.07, 6.45) is 3.58. The van der Waals surface area contributed by atoms with E-state index in [0.717, 1.165) is 12.8 Å². The van der Waals surface area contributed by atoms with Crippen molar-refractivity contribution in [3.05, 3.63) is 0 Å². The maximum Gasteiger partial charge on any atom is 0.310 e. The van der Waals surface area contributed by atoms with Gasteiger partial charge in [0.15, 0.2) is 0 Å². The maximum absolute atomic E-state index is 12.4. The molecule has 0 aromatic carbocycles. The summed E-state index contributed by atoms with van der Waals surface area (Å²) >= 11 is 0. The van der Waals surface area contributed by atoms with Crippen molar-refractivity contribution in [3.63, 3.8) is 0 Å². The summed E-state index contributed by atoms with van der Waals surface area (Å²) in [5.41, 5.74) is -1.44. The molecule has 6 heteroatoms. The molecule has 2 aliphatic rings. The fourth-order valence-electron chi connectivity index (χ4n) is 3.58. The van der Waals surface area contributed by atoms with Gasteiger partial charge in [0.25, 0.3) is 0 Å². The first-order valence-electron chi connectivity index (χ1n) is 7.56. The lowest BCUT2D eigenvalue weighted by molar-refractivity contribution is -0.153. The number of hydrogen-bond acceptors (Lipinski definition) is 3. The minimum atomic E-state index is -0.886. The van der Waals surface area contributed by atoms with Crippen LogP contribution in [0, 0.1) is 10.8 Å². The maximum atomic E-state index is 12.4. The van der Waals surface area contributed by atoms with E-state index in [1.54, 1.807) is 11.9 Å². The summed E-state index contributed by atoms with van der Waals surface area (Å²) in [4.78, 5) is 37.5. The molecule has 1 saturated heterocycles. The Kier molecular flexibility index (Phi) is 4.25. The molecule has 2 N–H and O–H groups in total. The second-order valence-electron chi connectivity index (χ2n) is 6.67. The number of rotatable bonds is 4. The van der Waals surface area contributed by atoms with E-state index in [9.17, 15) is 19.5 Å². The lowest BCUT2D eigenvalue weighted by atomic mass is 9.82. The molecule has 0 aromatic heterocycles. The van der Waals surface area contributed by atoms with Crippen molar-refractivity contribution >= 4 is 17.8 Å². The third kappa shape index (κ3) is 2.89. The highest BCUT2D eigenvalue weighted by atomic mass is 16.4. The molecule has 1 heterocycles. The molecule has 0 radical (unpaired) electrons. The second kappa shape index (κ2) is 5.66. The van der Waals surface area contributed by atoms with E-state index in [2.05, 4.69) is 5.32 Å². The number of aliphatic carboxylic acids is 1. The third-order valence-corrected chi connectivity index (χ3v) is 5.11. The summed E-state index contributed by atoms with van der Waals surface area (Å²) in [7, 11) is 1.59. The molecule has 0 aromatic rings. The van der Waals surface area contributed by atoms with Crippen molar-refractivity contribution in [1.29, 1.82) is 0 Å². The number of hydrogen-bond donors (Lipinski definition) is 2. The van der Waals surface area contributed by atoms with Crippen molar-refractivity contribution in [2.45, 2.75) is 45.4 Å². The lowest BCUT2D eigenvalue weighted by Gasteiger charge is -2.27. The Hall–Kier alpha value is -1.59. The van der Waals surface area contributed by atoms with Crippen LogP contribution >= 0.6 is 0 Å². The first kappa shape index (κ1) is 15.8. The number of nitrogens with one attached hydrogen (secondary N) is 1. The van der Waals surface area contributed by atoms with E-state index >= 15 is 0 Å². The molecule has 0 bridgehead atoms. The Bertz CT molecular complexity index is 457. The van der Waals surface area contributed by atoms with Gasteiger partial charge in [-0.3, -0.25) is 14.4 Å². The minimum absolute atomic E-state index is 0.0617. The van der Waals surface area contributed by atoms with Gasteiger partial charge in [0, 0.05) is 26.6 Å². The van der Waals surface area contributed by atoms with Crippen molar-refractivity contribution in [2.24, 2.45) is 10.8 Å². The van der Waals surface area contributed by atoms with Crippen LogP contribution in [0.3, 0.4) is 0 Å². The molecule has 1 aliphatic heterocycles. The van der Waals surface area contributed by atoms with Crippen LogP contribution in [0.5, 0.6) is 0 Å². The number of carbonyl (C=O) groups is 3. The number of carbonyl (C=O) groups excluding carboxylic acids is 2. The SMILES string of the molecule is CNC(=O)C1(C)CCN(C(=O)CC2(C(=O)O)CCCC2)C1. The number of carboxylic acids is 1. The van der Waals surface area contributed by atoms with Gasteiger partial charge in [0.2, 0.25) is 11.8 Å². The molecular formula is C15H24N2O4. The van der Waals surface area contributed by atoms with Crippen molar-refractivity contribution < 1.29 is 19.5 Å². The van der Waals surface area contributed by atoms with E-state index in [0.29, 0.717) is 32.4 Å². The van der Waals surface area contributed by atoms with E-state index in [4.69, 9.17) is 0 Å². The highest BCUT2D eigenvalue weighted by Gasteiger charge is 2.46. The quantitative estimate of drug-likeness (QED) is 0.810. The lowest BCUT2D eigenvalue weighted by Crippen LogP contribution is -2.42. The summed E-state index contributed by atoms with van der Waals surface area (Å²) in [6.45, 7) is 2.75. The Morgan fingerprint density at radius 1 is 1.19 bits per heavy atom. The van der Waals surface area contributed by atoms with Crippen molar-refractivity contribution in [2.75, 3.05) is 20.1 Å². The highest BCUT2D eigenvalue weighted by Crippen LogP contribution is 2.42. The molecule has 2 fully saturated rings. The monoisotopic (exact) mass is 296 g/mol. The van der Waals surface area contributed by atoms with Gasteiger partial charge in [-0.05, 0) is 26.2 Å². The number of carboxylic acid groups (broad SMARTS) is 1. The molecule has 6 nitrogen and oxygen atoms in total. The number of amides is 2. The highest BCUT2D eigenvalue weighted by molar-refractivity contribution is 5.87. The van der Waals surface area contributed by atoms with Crippen LogP contribution in [0.4, 0.5) is 0 Å². The summed E-state index contributed by atoms with van der Waals surface area (Å²) in [6, 6.07) is 0. The molecule has 1 aliphatic carbocycles. The van der Waals surface area contributed by atoms with Crippen LogP contribution in [-0.4, -0.2) is 47.9 Å². The number of nitrogens with zero attached hydrogens (tertiary/aromatic N) is 1. The van der Waals surface area contributed by atoms with E-state index in [1.807, 2.05) is 6.92 Å². The van der Waals surface area contributed by atoms with Crippen LogP contribution in [0.2, 0.25) is 0 Å². The van der Waals surface area contributed by atoms with Crippen LogP contribution in [-0.2, 0) is 14.4 Å². The normalized spacial score (nSPS) is 27.6. The summed E-state index contributed by atoms with van der Waals surface area (Å²) in [5, 5.41) is 12.1. The van der Waals surface area contributed by atoms with Crippen molar-refractivity contribution in [3.8, 4) is 0 Å². The Balaban J connectivity index is 2.02. The first-order chi connectivity index (χ1) is 9.83. The van der Waals surface area contributed by atoms with E-state index in [-0.39, 0.29) is 18.2 Å². The molecule has 1 atom stereocenters. The predicted octanol–water partition coefficient (Wildman–Crippen LogP) is 1.01. The van der Waals surface area contributed by atoms with Crippen molar-refractivity contribution in [1.82, 2.24) is 10.2 Å². The standard InChI is InChI=1S/C15H24N2O4/c1-14(12(19)16-2)7-8-17(10-14)11(18)9-15(13(20)21)5-3-4-6-15/h3-10H2,1-2H3,(H,16,19)(H,20,21). The molecular weight excluding hydrogens is 272 g/mol. The largest absolute Gasteiger partial charge is 0.481 e. The molecule has 2 rings (SSSR count). The second-order valence-corrected chi connectivity index (χ2v) is 6.67. The average molecular weight is 296 g/mol. The Morgan fingerprint density at radius 3 is 2.33 bits per heavy atom. The number of likely N-dealkylation sites (tertiary alicyclic amines) is 1. The van der Waals surface area contributed by atoms with Crippen LogP contribution < -0.4 is 5.32 Å². The van der Waals surface area contributed by atoms with E-state index in [1.165, 1.54) is 0 Å². The van der Waals surface area contributed by atoms with Crippen LogP contribution in [0.15, 0.2) is 0 Å². The van der Waals surface area contributed by atoms with Gasteiger partial charge >= 0.3 is 5.97 Å². The molecule has 21 heavy (non-hydrogen) atoms. The molecule has 118 valence electrons. The van der Waals surface area contributed by atoms with Gasteiger partial charge in [-0.15, -0.1) is 0 Å². The minimum Gasteiger partial charge on any atom is -0.481 e. The zero-order valence-corrected chi connectivity index (χ0v) is 12.8. The smallest absolute Gasteiger partial charge is 0.310 e. The zero-order chi connectivity index (χ0) is 15.7. The molecule has 0 spiro atoms. The predicted molar refractivity (Wildman–Crippen MR) is 76.5 cm³/mol. The van der Waals surface area contributed by atoms with Crippen LogP contribution in [0.25, 0.3) is 0 Å². The van der Waals surface area contributed by atoms with Gasteiger partial charge in [0.1, 0.15) is 0 Å². The fourth-order valence-corrected chi connectivity index (χ4v) is 3.58. The first-order valence-corrected chi connectivity index (χ1v) is 7.56. The summed E-state index contributed by atoms with van der Waals surface area (Å²) in [5.74, 6) is -1.06. The van der Waals surface area contributed by atoms with Gasteiger partial charge in [-0.1, -0.05) is 12.8 Å². The summed E-state index contributed by atoms with van der Waals surface area (Å²) < 4.78 is 0. The van der Waals surface area contributed by atoms with Gasteiger partial charge in [-0.2, -0.15) is 0 Å². The molecule has 2 amide bonds. The zero-order valence-electron chi connectivity index (χ0n) is 12.8. The van der Waals surface area contributed by atoms with Crippen LogP contribution in [0.1, 0.15) is 45.4 Å². The Morgan fingerprint density at radius 2 is 1.81 bits per heavy atom. The van der Waals surface area contributed by atoms with Gasteiger partial charge in [0.05, 0.1) is 10.8 Å². The topological polar surface area (TPSA) is 86.7 Å². The van der Waals surface area contributed by atoms with Gasteiger partial charge < -0.3 is 15.3 Å². The molecule has 1 saturated carbocycles.